The van der Waals surface area contributed by atoms with Crippen molar-refractivity contribution in [2.45, 2.75) is 12.8 Å². The van der Waals surface area contributed by atoms with Gasteiger partial charge < -0.3 is 4.74 Å². The van der Waals surface area contributed by atoms with E-state index in [0.717, 1.165) is 5.56 Å². The van der Waals surface area contributed by atoms with Crippen LogP contribution in [-0.2, 0) is 4.79 Å². The Morgan fingerprint density at radius 2 is 2.00 bits per heavy atom. The van der Waals surface area contributed by atoms with Crippen LogP contribution in [0.4, 0.5) is 0 Å². The van der Waals surface area contributed by atoms with Crippen LogP contribution in [0.5, 0.6) is 5.75 Å². The topological polar surface area (TPSA) is 74.5 Å². The van der Waals surface area contributed by atoms with Crippen molar-refractivity contribution in [1.29, 1.82) is 5.26 Å². The van der Waals surface area contributed by atoms with E-state index >= 15 is 0 Å². The van der Waals surface area contributed by atoms with Gasteiger partial charge in [0.25, 0.3) is 0 Å². The number of hydrogen-bond donors (Lipinski definition) is 1. The van der Waals surface area contributed by atoms with Gasteiger partial charge in [0.2, 0.25) is 5.91 Å². The highest BCUT2D eigenvalue weighted by molar-refractivity contribution is 6.35. The number of carbonyl (C=O) groups excluding carboxylic acids is 1. The number of carbonyl (C=O) groups is 1. The largest absolute Gasteiger partial charge is 0.492 e. The maximum Gasteiger partial charge on any atom is 0.240 e. The van der Waals surface area contributed by atoms with Gasteiger partial charge >= 0.3 is 0 Å². The molecule has 0 aliphatic rings. The van der Waals surface area contributed by atoms with Gasteiger partial charge in [0.15, 0.2) is 0 Å². The first-order valence-corrected chi connectivity index (χ1v) is 8.24. The Morgan fingerprint density at radius 1 is 1.24 bits per heavy atom. The predicted octanol–water partition coefficient (Wildman–Crippen LogP) is 4.17. The molecule has 0 radical (unpaired) electrons. The maximum atomic E-state index is 11.7. The van der Waals surface area contributed by atoms with Crippen molar-refractivity contribution in [1.82, 2.24) is 5.43 Å². The summed E-state index contributed by atoms with van der Waals surface area (Å²) in [4.78, 5) is 11.7. The molecule has 0 heterocycles. The third-order valence-electron chi connectivity index (χ3n) is 3.14. The van der Waals surface area contributed by atoms with Gasteiger partial charge in [-0.15, -0.1) is 0 Å². The number of rotatable bonds is 7. The fourth-order valence-electron chi connectivity index (χ4n) is 1.89. The van der Waals surface area contributed by atoms with Gasteiger partial charge in [-0.05, 0) is 42.3 Å². The number of hydrogen-bond acceptors (Lipinski definition) is 4. The molecule has 0 bridgehead atoms. The summed E-state index contributed by atoms with van der Waals surface area (Å²) in [6.07, 6.45) is 2.32. The molecule has 5 nitrogen and oxygen atoms in total. The molecule has 1 amide bonds. The molecule has 2 aromatic rings. The van der Waals surface area contributed by atoms with Crippen molar-refractivity contribution < 1.29 is 9.53 Å². The smallest absolute Gasteiger partial charge is 0.240 e. The molecule has 25 heavy (non-hydrogen) atoms. The number of nitrogens with one attached hydrogen (secondary N) is 1. The SMILES string of the molecule is N#Cc1ccc(/C=N/NC(=O)CCCOc2ccc(Cl)cc2Cl)cc1. The average Bonchev–Trinajstić information content (AvgIpc) is 2.61. The van der Waals surface area contributed by atoms with E-state index in [0.29, 0.717) is 34.4 Å². The lowest BCUT2D eigenvalue weighted by Crippen LogP contribution is -2.18. The van der Waals surface area contributed by atoms with E-state index in [9.17, 15) is 4.79 Å². The normalized spacial score (nSPS) is 10.4. The number of amides is 1. The van der Waals surface area contributed by atoms with Crippen LogP contribution < -0.4 is 10.2 Å². The van der Waals surface area contributed by atoms with Gasteiger partial charge in [0.05, 0.1) is 29.5 Å². The molecule has 128 valence electrons. The molecule has 0 aliphatic heterocycles. The van der Waals surface area contributed by atoms with E-state index < -0.39 is 0 Å². The summed E-state index contributed by atoms with van der Waals surface area (Å²) >= 11 is 11.8. The van der Waals surface area contributed by atoms with Gasteiger partial charge in [0.1, 0.15) is 5.75 Å². The van der Waals surface area contributed by atoms with E-state index in [1.165, 1.54) is 6.21 Å². The van der Waals surface area contributed by atoms with Crippen molar-refractivity contribution in [2.75, 3.05) is 6.61 Å². The van der Waals surface area contributed by atoms with Crippen molar-refractivity contribution in [3.63, 3.8) is 0 Å². The minimum Gasteiger partial charge on any atom is -0.492 e. The fourth-order valence-corrected chi connectivity index (χ4v) is 2.35. The Bertz CT molecular complexity index is 799. The third-order valence-corrected chi connectivity index (χ3v) is 3.67. The van der Waals surface area contributed by atoms with Crippen molar-refractivity contribution in [2.24, 2.45) is 5.10 Å². The molecule has 0 saturated heterocycles. The summed E-state index contributed by atoms with van der Waals surface area (Å²) in [5.74, 6) is 0.320. The summed E-state index contributed by atoms with van der Waals surface area (Å²) in [6.45, 7) is 0.355. The summed E-state index contributed by atoms with van der Waals surface area (Å²) < 4.78 is 5.50. The molecule has 0 saturated carbocycles. The van der Waals surface area contributed by atoms with Gasteiger partial charge in [-0.1, -0.05) is 35.3 Å². The third kappa shape index (κ3) is 6.46. The van der Waals surface area contributed by atoms with Crippen LogP contribution in [-0.4, -0.2) is 18.7 Å². The molecule has 7 heteroatoms. The first-order chi connectivity index (χ1) is 12.1. The van der Waals surface area contributed by atoms with Crippen molar-refractivity contribution in [3.05, 3.63) is 63.6 Å². The molecule has 0 aromatic heterocycles. The van der Waals surface area contributed by atoms with Gasteiger partial charge in [-0.2, -0.15) is 10.4 Å². The monoisotopic (exact) mass is 375 g/mol. The Balaban J connectivity index is 1.68. The van der Waals surface area contributed by atoms with E-state index in [1.807, 2.05) is 6.07 Å². The molecule has 0 spiro atoms. The van der Waals surface area contributed by atoms with Crippen LogP contribution in [0, 0.1) is 11.3 Å². The lowest BCUT2D eigenvalue weighted by atomic mass is 10.2. The molecule has 2 aromatic carbocycles. The number of ether oxygens (including phenoxy) is 1. The predicted molar refractivity (Wildman–Crippen MR) is 98.1 cm³/mol. The Hall–Kier alpha value is -2.55. The van der Waals surface area contributed by atoms with Crippen molar-refractivity contribution in [3.8, 4) is 11.8 Å². The highest BCUT2D eigenvalue weighted by atomic mass is 35.5. The molecule has 1 N–H and O–H groups in total. The lowest BCUT2D eigenvalue weighted by molar-refractivity contribution is -0.121. The van der Waals surface area contributed by atoms with Crippen LogP contribution in [0.25, 0.3) is 0 Å². The van der Waals surface area contributed by atoms with Crippen LogP contribution in [0.2, 0.25) is 10.0 Å². The molecule has 2 rings (SSSR count). The summed E-state index contributed by atoms with van der Waals surface area (Å²) in [5, 5.41) is 13.6. The quantitative estimate of drug-likeness (QED) is 0.448. The highest BCUT2D eigenvalue weighted by Crippen LogP contribution is 2.27. The zero-order valence-corrected chi connectivity index (χ0v) is 14.7. The van der Waals surface area contributed by atoms with Crippen molar-refractivity contribution >= 4 is 35.3 Å². The van der Waals surface area contributed by atoms with E-state index in [1.54, 1.807) is 42.5 Å². The summed E-state index contributed by atoms with van der Waals surface area (Å²) in [5.41, 5.74) is 3.81. The minimum absolute atomic E-state index is 0.212. The number of hydrazone groups is 1. The Morgan fingerprint density at radius 3 is 2.68 bits per heavy atom. The maximum absolute atomic E-state index is 11.7. The van der Waals surface area contributed by atoms with Gasteiger partial charge in [-0.3, -0.25) is 4.79 Å². The lowest BCUT2D eigenvalue weighted by Gasteiger charge is -2.07. The second kappa shape index (κ2) is 9.67. The van der Waals surface area contributed by atoms with Gasteiger partial charge in [-0.25, -0.2) is 5.43 Å². The van der Waals surface area contributed by atoms with Crippen LogP contribution in [0.15, 0.2) is 47.6 Å². The molecule has 0 unspecified atom stereocenters. The van der Waals surface area contributed by atoms with E-state index in [4.69, 9.17) is 33.2 Å². The standard InChI is InChI=1S/C18H15Cl2N3O2/c19-15-7-8-17(16(20)10-15)25-9-1-2-18(24)23-22-12-14-5-3-13(11-21)4-6-14/h3-8,10,12H,1-2,9H2,(H,23,24)/b22-12+. The number of halogens is 2. The van der Waals surface area contributed by atoms with Crippen LogP contribution in [0.1, 0.15) is 24.0 Å². The number of nitrogens with zero attached hydrogens (tertiary/aromatic N) is 2. The molecule has 0 fully saturated rings. The number of benzene rings is 2. The van der Waals surface area contributed by atoms with Crippen LogP contribution in [0.3, 0.4) is 0 Å². The molecular formula is C18H15Cl2N3O2. The molecular weight excluding hydrogens is 361 g/mol. The molecule has 0 aliphatic carbocycles. The summed E-state index contributed by atoms with van der Waals surface area (Å²) in [6, 6.07) is 13.9. The highest BCUT2D eigenvalue weighted by Gasteiger charge is 2.04. The minimum atomic E-state index is -0.212. The Labute approximate surface area is 155 Å². The van der Waals surface area contributed by atoms with Crippen LogP contribution >= 0.6 is 23.2 Å². The molecule has 0 atom stereocenters. The second-order valence-electron chi connectivity index (χ2n) is 5.05. The van der Waals surface area contributed by atoms with Gasteiger partial charge in [0, 0.05) is 11.4 Å². The second-order valence-corrected chi connectivity index (χ2v) is 5.90. The fraction of sp³-hybridized carbons (Fsp3) is 0.167. The Kier molecular flexibility index (Phi) is 7.27. The zero-order chi connectivity index (χ0) is 18.1. The average molecular weight is 376 g/mol. The van der Waals surface area contributed by atoms with E-state index in [-0.39, 0.29) is 12.3 Å². The number of nitriles is 1. The van der Waals surface area contributed by atoms with E-state index in [2.05, 4.69) is 10.5 Å². The first kappa shape index (κ1) is 18.8. The first-order valence-electron chi connectivity index (χ1n) is 7.48. The summed E-state index contributed by atoms with van der Waals surface area (Å²) in [7, 11) is 0. The zero-order valence-electron chi connectivity index (χ0n) is 13.2.